The highest BCUT2D eigenvalue weighted by Gasteiger charge is 2.40. The lowest BCUT2D eigenvalue weighted by molar-refractivity contribution is 0.269. The first-order valence-corrected chi connectivity index (χ1v) is 7.58. The zero-order valence-corrected chi connectivity index (χ0v) is 10.8. The minimum Gasteiger partial charge on any atom is -0.314 e. The van der Waals surface area contributed by atoms with Crippen molar-refractivity contribution in [3.63, 3.8) is 0 Å². The lowest BCUT2D eigenvalue weighted by atomic mass is 9.83. The molecule has 3 saturated carbocycles. The molecule has 0 radical (unpaired) electrons. The molecule has 3 rings (SSSR count). The minimum atomic E-state index is 0.849. The van der Waals surface area contributed by atoms with Crippen LogP contribution in [0.25, 0.3) is 0 Å². The Balaban J connectivity index is 1.50. The maximum Gasteiger partial charge on any atom is 0.00723 e. The molecule has 0 aromatic heterocycles. The van der Waals surface area contributed by atoms with E-state index in [1.807, 2.05) is 0 Å². The van der Waals surface area contributed by atoms with Crippen molar-refractivity contribution >= 4 is 0 Å². The van der Waals surface area contributed by atoms with E-state index in [-0.39, 0.29) is 0 Å². The summed E-state index contributed by atoms with van der Waals surface area (Å²) in [6.07, 6.45) is 12.2. The first-order valence-electron chi connectivity index (χ1n) is 7.58. The van der Waals surface area contributed by atoms with Crippen LogP contribution in [-0.4, -0.2) is 12.6 Å². The van der Waals surface area contributed by atoms with Crippen LogP contribution in [0.3, 0.4) is 0 Å². The SMILES string of the molecule is CCNC(CC1CC1)CC1CC2CCC1C2. The molecule has 4 unspecified atom stereocenters. The quantitative estimate of drug-likeness (QED) is 0.723. The first kappa shape index (κ1) is 11.1. The van der Waals surface area contributed by atoms with Gasteiger partial charge in [-0.1, -0.05) is 26.2 Å². The fourth-order valence-corrected chi connectivity index (χ4v) is 4.34. The second-order valence-corrected chi connectivity index (χ2v) is 6.60. The smallest absolute Gasteiger partial charge is 0.00723 e. The highest BCUT2D eigenvalue weighted by Crippen LogP contribution is 2.50. The number of hydrogen-bond acceptors (Lipinski definition) is 1. The molecule has 0 aromatic rings. The standard InChI is InChI=1S/C15H27N/c1-2-16-15(9-11-3-4-11)10-14-8-12-5-6-13(14)7-12/h11-16H,2-10H2,1H3. The summed E-state index contributed by atoms with van der Waals surface area (Å²) >= 11 is 0. The van der Waals surface area contributed by atoms with Crippen LogP contribution in [0.4, 0.5) is 0 Å². The van der Waals surface area contributed by atoms with E-state index >= 15 is 0 Å². The van der Waals surface area contributed by atoms with Crippen molar-refractivity contribution in [2.24, 2.45) is 23.7 Å². The van der Waals surface area contributed by atoms with Crippen molar-refractivity contribution in [2.75, 3.05) is 6.54 Å². The fraction of sp³-hybridized carbons (Fsp3) is 1.00. The van der Waals surface area contributed by atoms with E-state index in [1.165, 1.54) is 25.7 Å². The molecule has 0 heterocycles. The summed E-state index contributed by atoms with van der Waals surface area (Å²) in [6, 6.07) is 0.849. The van der Waals surface area contributed by atoms with Gasteiger partial charge in [0, 0.05) is 6.04 Å². The summed E-state index contributed by atoms with van der Waals surface area (Å²) in [5.74, 6) is 4.41. The number of hydrogen-bond donors (Lipinski definition) is 1. The van der Waals surface area contributed by atoms with Crippen LogP contribution in [-0.2, 0) is 0 Å². The van der Waals surface area contributed by atoms with Gasteiger partial charge in [0.2, 0.25) is 0 Å². The molecule has 0 saturated heterocycles. The van der Waals surface area contributed by atoms with Gasteiger partial charge < -0.3 is 5.32 Å². The Morgan fingerprint density at radius 1 is 1.06 bits per heavy atom. The lowest BCUT2D eigenvalue weighted by Crippen LogP contribution is -2.32. The van der Waals surface area contributed by atoms with Crippen molar-refractivity contribution in [1.29, 1.82) is 0 Å². The van der Waals surface area contributed by atoms with Gasteiger partial charge in [-0.15, -0.1) is 0 Å². The molecule has 3 aliphatic carbocycles. The van der Waals surface area contributed by atoms with Crippen LogP contribution < -0.4 is 5.32 Å². The third kappa shape index (κ3) is 2.45. The van der Waals surface area contributed by atoms with Gasteiger partial charge >= 0.3 is 0 Å². The molecule has 0 spiro atoms. The monoisotopic (exact) mass is 221 g/mol. The van der Waals surface area contributed by atoms with E-state index in [4.69, 9.17) is 0 Å². The van der Waals surface area contributed by atoms with E-state index in [0.717, 1.165) is 36.3 Å². The zero-order valence-electron chi connectivity index (χ0n) is 10.8. The molecule has 0 aliphatic heterocycles. The average molecular weight is 221 g/mol. The lowest BCUT2D eigenvalue weighted by Gasteiger charge is -2.27. The van der Waals surface area contributed by atoms with Crippen LogP contribution in [0, 0.1) is 23.7 Å². The van der Waals surface area contributed by atoms with Gasteiger partial charge in [-0.25, -0.2) is 0 Å². The van der Waals surface area contributed by atoms with Crippen molar-refractivity contribution in [1.82, 2.24) is 5.32 Å². The summed E-state index contributed by atoms with van der Waals surface area (Å²) in [5.41, 5.74) is 0. The van der Waals surface area contributed by atoms with Gasteiger partial charge in [0.05, 0.1) is 0 Å². The maximum absolute atomic E-state index is 3.74. The Morgan fingerprint density at radius 3 is 2.50 bits per heavy atom. The molecule has 0 amide bonds. The van der Waals surface area contributed by atoms with E-state index in [9.17, 15) is 0 Å². The van der Waals surface area contributed by atoms with Gasteiger partial charge in [-0.2, -0.15) is 0 Å². The molecule has 92 valence electrons. The van der Waals surface area contributed by atoms with Crippen molar-refractivity contribution < 1.29 is 0 Å². The molecule has 3 aliphatic rings. The molecular formula is C15H27N. The molecule has 16 heavy (non-hydrogen) atoms. The van der Waals surface area contributed by atoms with Crippen LogP contribution in [0.1, 0.15) is 58.3 Å². The Morgan fingerprint density at radius 2 is 1.94 bits per heavy atom. The first-order chi connectivity index (χ1) is 7.85. The summed E-state index contributed by atoms with van der Waals surface area (Å²) in [7, 11) is 0. The Bertz CT molecular complexity index is 234. The molecule has 3 fully saturated rings. The van der Waals surface area contributed by atoms with E-state index in [2.05, 4.69) is 12.2 Å². The number of rotatable bonds is 6. The molecular weight excluding hydrogens is 194 g/mol. The number of fused-ring (bicyclic) bond motifs is 2. The topological polar surface area (TPSA) is 12.0 Å². The van der Waals surface area contributed by atoms with Crippen molar-refractivity contribution in [3.8, 4) is 0 Å². The average Bonchev–Trinajstić information content (AvgIpc) is 2.85. The third-order valence-electron chi connectivity index (χ3n) is 5.28. The Labute approximate surface area is 100 Å². The van der Waals surface area contributed by atoms with Gasteiger partial charge in [-0.3, -0.25) is 0 Å². The number of nitrogens with one attached hydrogen (secondary N) is 1. The predicted molar refractivity (Wildman–Crippen MR) is 68.4 cm³/mol. The second-order valence-electron chi connectivity index (χ2n) is 6.60. The van der Waals surface area contributed by atoms with Gasteiger partial charge in [0.15, 0.2) is 0 Å². The Kier molecular flexibility index (Phi) is 3.24. The summed E-state index contributed by atoms with van der Waals surface area (Å²) < 4.78 is 0. The molecule has 2 bridgehead atoms. The minimum absolute atomic E-state index is 0.849. The van der Waals surface area contributed by atoms with E-state index < -0.39 is 0 Å². The van der Waals surface area contributed by atoms with Crippen LogP contribution in [0.15, 0.2) is 0 Å². The van der Waals surface area contributed by atoms with Gasteiger partial charge in [-0.05, 0) is 62.3 Å². The zero-order chi connectivity index (χ0) is 11.0. The molecule has 0 aromatic carbocycles. The van der Waals surface area contributed by atoms with Crippen LogP contribution in [0.5, 0.6) is 0 Å². The molecule has 4 atom stereocenters. The largest absolute Gasteiger partial charge is 0.314 e. The maximum atomic E-state index is 3.74. The molecule has 1 nitrogen and oxygen atoms in total. The van der Waals surface area contributed by atoms with Crippen LogP contribution >= 0.6 is 0 Å². The van der Waals surface area contributed by atoms with Gasteiger partial charge in [0.25, 0.3) is 0 Å². The van der Waals surface area contributed by atoms with Crippen LogP contribution in [0.2, 0.25) is 0 Å². The predicted octanol–water partition coefficient (Wildman–Crippen LogP) is 3.59. The van der Waals surface area contributed by atoms with E-state index in [1.54, 1.807) is 25.7 Å². The molecule has 1 heteroatoms. The van der Waals surface area contributed by atoms with Crippen molar-refractivity contribution in [2.45, 2.75) is 64.3 Å². The van der Waals surface area contributed by atoms with Gasteiger partial charge in [0.1, 0.15) is 0 Å². The summed E-state index contributed by atoms with van der Waals surface area (Å²) in [4.78, 5) is 0. The highest BCUT2D eigenvalue weighted by atomic mass is 14.9. The fourth-order valence-electron chi connectivity index (χ4n) is 4.34. The van der Waals surface area contributed by atoms with Crippen molar-refractivity contribution in [3.05, 3.63) is 0 Å². The normalized spacial score (nSPS) is 39.2. The third-order valence-corrected chi connectivity index (χ3v) is 5.28. The Hall–Kier alpha value is -0.0400. The molecule has 1 N–H and O–H groups in total. The summed E-state index contributed by atoms with van der Waals surface area (Å²) in [5, 5.41) is 3.74. The highest BCUT2D eigenvalue weighted by molar-refractivity contribution is 4.92. The van der Waals surface area contributed by atoms with E-state index in [0.29, 0.717) is 0 Å². The second kappa shape index (κ2) is 4.68. The summed E-state index contributed by atoms with van der Waals surface area (Å²) in [6.45, 7) is 3.43.